The summed E-state index contributed by atoms with van der Waals surface area (Å²) in [6.07, 6.45) is 5.67. The van der Waals surface area contributed by atoms with E-state index in [0.717, 1.165) is 11.4 Å². The van der Waals surface area contributed by atoms with Crippen LogP contribution < -0.4 is 5.73 Å². The van der Waals surface area contributed by atoms with Gasteiger partial charge in [-0.1, -0.05) is 0 Å². The third-order valence-corrected chi connectivity index (χ3v) is 2.01. The first-order valence-electron chi connectivity index (χ1n) is 4.40. The maximum Gasteiger partial charge on any atom is 0.191 e. The van der Waals surface area contributed by atoms with Crippen molar-refractivity contribution < 1.29 is 4.42 Å². The molecule has 0 bridgehead atoms. The lowest BCUT2D eigenvalue weighted by Gasteiger charge is -2.05. The average Bonchev–Trinajstić information content (AvgIpc) is 2.75. The zero-order valence-electron chi connectivity index (χ0n) is 7.90. The summed E-state index contributed by atoms with van der Waals surface area (Å²) in [4.78, 5) is 11.1. The van der Waals surface area contributed by atoms with Crippen molar-refractivity contribution in [1.29, 1.82) is 0 Å². The van der Waals surface area contributed by atoms with Gasteiger partial charge in [-0.25, -0.2) is 9.97 Å². The molecule has 0 aliphatic rings. The molecule has 1 unspecified atom stereocenters. The molecule has 0 fully saturated rings. The number of imidazole rings is 1. The van der Waals surface area contributed by atoms with Crippen LogP contribution in [-0.4, -0.2) is 15.0 Å². The van der Waals surface area contributed by atoms with Gasteiger partial charge in [0.05, 0.1) is 18.1 Å². The van der Waals surface area contributed by atoms with Crippen LogP contribution in [0.15, 0.2) is 23.2 Å². The van der Waals surface area contributed by atoms with E-state index < -0.39 is 0 Å². The highest BCUT2D eigenvalue weighted by Gasteiger charge is 2.11. The van der Waals surface area contributed by atoms with E-state index >= 15 is 0 Å². The lowest BCUT2D eigenvalue weighted by atomic mass is 10.1. The van der Waals surface area contributed by atoms with Gasteiger partial charge in [0.15, 0.2) is 5.89 Å². The maximum atomic E-state index is 5.93. The Hall–Kier alpha value is -1.62. The first kappa shape index (κ1) is 8.96. The van der Waals surface area contributed by atoms with Crippen molar-refractivity contribution in [3.8, 4) is 0 Å². The van der Waals surface area contributed by atoms with Crippen molar-refractivity contribution in [2.75, 3.05) is 0 Å². The number of oxazole rings is 1. The molecule has 0 aromatic carbocycles. The number of nitrogens with one attached hydrogen (secondary N) is 1. The van der Waals surface area contributed by atoms with Crippen molar-refractivity contribution >= 4 is 0 Å². The second kappa shape index (κ2) is 3.63. The number of hydrogen-bond acceptors (Lipinski definition) is 4. The Balaban J connectivity index is 2.06. The third-order valence-electron chi connectivity index (χ3n) is 2.01. The molecule has 5 heteroatoms. The monoisotopic (exact) mass is 192 g/mol. The molecule has 74 valence electrons. The molecule has 2 heterocycles. The van der Waals surface area contributed by atoms with Crippen LogP contribution in [0.2, 0.25) is 0 Å². The van der Waals surface area contributed by atoms with Crippen molar-refractivity contribution in [3.05, 3.63) is 36.1 Å². The lowest BCUT2D eigenvalue weighted by Crippen LogP contribution is -2.13. The fraction of sp³-hybridized carbons (Fsp3) is 0.333. The smallest absolute Gasteiger partial charge is 0.191 e. The number of aromatic nitrogens is 3. The Bertz CT molecular complexity index is 393. The van der Waals surface area contributed by atoms with Gasteiger partial charge in [-0.2, -0.15) is 0 Å². The Morgan fingerprint density at radius 2 is 2.50 bits per heavy atom. The molecule has 2 aromatic rings. The molecular weight excluding hydrogens is 180 g/mol. The van der Waals surface area contributed by atoms with Crippen molar-refractivity contribution in [1.82, 2.24) is 15.0 Å². The summed E-state index contributed by atoms with van der Waals surface area (Å²) < 4.78 is 5.09. The summed E-state index contributed by atoms with van der Waals surface area (Å²) in [5.74, 6) is 0.639. The Kier molecular flexibility index (Phi) is 2.32. The number of aryl methyl sites for hydroxylation is 1. The minimum absolute atomic E-state index is 0.145. The molecule has 0 aliphatic heterocycles. The standard InChI is InChI=1S/C9H12N4O/c1-6-13-9(4-14-6)8(10)2-7-3-11-5-12-7/h3-5,8H,2,10H2,1H3,(H,11,12). The number of rotatable bonds is 3. The average molecular weight is 192 g/mol. The van der Waals surface area contributed by atoms with Crippen LogP contribution in [0.25, 0.3) is 0 Å². The fourth-order valence-corrected chi connectivity index (χ4v) is 1.29. The molecule has 3 N–H and O–H groups in total. The zero-order chi connectivity index (χ0) is 9.97. The minimum atomic E-state index is -0.145. The van der Waals surface area contributed by atoms with Gasteiger partial charge in [-0.3, -0.25) is 0 Å². The van der Waals surface area contributed by atoms with E-state index in [4.69, 9.17) is 10.2 Å². The van der Waals surface area contributed by atoms with Crippen molar-refractivity contribution in [2.45, 2.75) is 19.4 Å². The van der Waals surface area contributed by atoms with Crippen molar-refractivity contribution in [3.63, 3.8) is 0 Å². The summed E-state index contributed by atoms with van der Waals surface area (Å²) in [5.41, 5.74) is 7.70. The van der Waals surface area contributed by atoms with E-state index in [9.17, 15) is 0 Å². The molecule has 5 nitrogen and oxygen atoms in total. The summed E-state index contributed by atoms with van der Waals surface area (Å²) in [7, 11) is 0. The van der Waals surface area contributed by atoms with Gasteiger partial charge in [0.25, 0.3) is 0 Å². The first-order chi connectivity index (χ1) is 6.75. The predicted molar refractivity (Wildman–Crippen MR) is 50.5 cm³/mol. The number of nitrogens with two attached hydrogens (primary N) is 1. The van der Waals surface area contributed by atoms with Crippen molar-refractivity contribution in [2.24, 2.45) is 5.73 Å². The van der Waals surface area contributed by atoms with Gasteiger partial charge in [0.2, 0.25) is 0 Å². The van der Waals surface area contributed by atoms with E-state index in [1.165, 1.54) is 0 Å². The molecule has 0 saturated carbocycles. The summed E-state index contributed by atoms with van der Waals surface area (Å²) >= 11 is 0. The van der Waals surface area contributed by atoms with Gasteiger partial charge >= 0.3 is 0 Å². The largest absolute Gasteiger partial charge is 0.449 e. The van der Waals surface area contributed by atoms with E-state index in [1.807, 2.05) is 0 Å². The molecule has 0 amide bonds. The van der Waals surface area contributed by atoms with Crippen LogP contribution in [0.4, 0.5) is 0 Å². The Morgan fingerprint density at radius 1 is 1.64 bits per heavy atom. The molecule has 0 aliphatic carbocycles. The fourth-order valence-electron chi connectivity index (χ4n) is 1.29. The number of hydrogen-bond donors (Lipinski definition) is 2. The number of aromatic amines is 1. The van der Waals surface area contributed by atoms with E-state index in [2.05, 4.69) is 15.0 Å². The highest BCUT2D eigenvalue weighted by molar-refractivity contribution is 5.07. The molecule has 0 radical (unpaired) electrons. The number of nitrogens with zero attached hydrogens (tertiary/aromatic N) is 2. The quantitative estimate of drug-likeness (QED) is 0.758. The van der Waals surface area contributed by atoms with Crippen LogP contribution >= 0.6 is 0 Å². The van der Waals surface area contributed by atoms with Gasteiger partial charge in [0.1, 0.15) is 6.26 Å². The van der Waals surface area contributed by atoms with E-state index in [-0.39, 0.29) is 6.04 Å². The normalized spacial score (nSPS) is 13.0. The predicted octanol–water partition coefficient (Wildman–Crippen LogP) is 0.949. The minimum Gasteiger partial charge on any atom is -0.449 e. The summed E-state index contributed by atoms with van der Waals surface area (Å²) in [6, 6.07) is -0.145. The molecule has 2 rings (SSSR count). The van der Waals surface area contributed by atoms with E-state index in [0.29, 0.717) is 12.3 Å². The molecule has 14 heavy (non-hydrogen) atoms. The topological polar surface area (TPSA) is 80.7 Å². The SMILES string of the molecule is Cc1nc(C(N)Cc2cnc[nH]2)co1. The second-order valence-electron chi connectivity index (χ2n) is 3.18. The Morgan fingerprint density at radius 3 is 3.07 bits per heavy atom. The second-order valence-corrected chi connectivity index (χ2v) is 3.18. The zero-order valence-corrected chi connectivity index (χ0v) is 7.90. The molecule has 1 atom stereocenters. The Labute approximate surface area is 81.4 Å². The van der Waals surface area contributed by atoms with Gasteiger partial charge in [0, 0.05) is 25.2 Å². The van der Waals surface area contributed by atoms with E-state index in [1.54, 1.807) is 25.7 Å². The van der Waals surface area contributed by atoms with Gasteiger partial charge in [-0.15, -0.1) is 0 Å². The highest BCUT2D eigenvalue weighted by Crippen LogP contribution is 2.13. The van der Waals surface area contributed by atoms with Crippen LogP contribution in [0.3, 0.4) is 0 Å². The van der Waals surface area contributed by atoms with Crippen LogP contribution in [0.5, 0.6) is 0 Å². The number of H-pyrrole nitrogens is 1. The lowest BCUT2D eigenvalue weighted by molar-refractivity contribution is 0.519. The summed E-state index contributed by atoms with van der Waals surface area (Å²) in [6.45, 7) is 1.80. The maximum absolute atomic E-state index is 5.93. The summed E-state index contributed by atoms with van der Waals surface area (Å²) in [5, 5.41) is 0. The third kappa shape index (κ3) is 1.82. The molecule has 2 aromatic heterocycles. The van der Waals surface area contributed by atoms with Crippen LogP contribution in [-0.2, 0) is 6.42 Å². The van der Waals surface area contributed by atoms with Gasteiger partial charge < -0.3 is 15.1 Å². The highest BCUT2D eigenvalue weighted by atomic mass is 16.3. The molecule has 0 saturated heterocycles. The van der Waals surface area contributed by atoms with Crippen LogP contribution in [0.1, 0.15) is 23.3 Å². The molecule has 0 spiro atoms. The van der Waals surface area contributed by atoms with Crippen LogP contribution in [0, 0.1) is 6.92 Å². The molecular formula is C9H12N4O. The first-order valence-corrected chi connectivity index (χ1v) is 4.40. The van der Waals surface area contributed by atoms with Gasteiger partial charge in [-0.05, 0) is 0 Å².